The van der Waals surface area contributed by atoms with E-state index in [1.165, 1.54) is 18.8 Å². The van der Waals surface area contributed by atoms with Gasteiger partial charge in [0.2, 0.25) is 0 Å². The number of thioether (sulfide) groups is 1. The lowest BCUT2D eigenvalue weighted by atomic mass is 10.1. The van der Waals surface area contributed by atoms with Crippen LogP contribution in [0.15, 0.2) is 0 Å². The van der Waals surface area contributed by atoms with Crippen molar-refractivity contribution in [2.75, 3.05) is 38.5 Å². The Labute approximate surface area is 104 Å². The van der Waals surface area contributed by atoms with Crippen molar-refractivity contribution in [3.8, 4) is 0 Å². The molecule has 0 radical (unpaired) electrons. The fraction of sp³-hybridized carbons (Fsp3) is 1.00. The van der Waals surface area contributed by atoms with E-state index in [0.29, 0.717) is 11.3 Å². The van der Waals surface area contributed by atoms with Crippen molar-refractivity contribution >= 4 is 11.8 Å². The van der Waals surface area contributed by atoms with Gasteiger partial charge in [0, 0.05) is 43.3 Å². The maximum absolute atomic E-state index is 5.68. The van der Waals surface area contributed by atoms with Crippen LogP contribution in [-0.2, 0) is 4.74 Å². The van der Waals surface area contributed by atoms with Gasteiger partial charge in [-0.1, -0.05) is 0 Å². The smallest absolute Gasteiger partial charge is 0.0709 e. The Morgan fingerprint density at radius 3 is 2.81 bits per heavy atom. The molecule has 0 spiro atoms. The van der Waals surface area contributed by atoms with E-state index in [4.69, 9.17) is 10.5 Å². The van der Waals surface area contributed by atoms with Gasteiger partial charge in [0.25, 0.3) is 0 Å². The molecule has 1 unspecified atom stereocenters. The summed E-state index contributed by atoms with van der Waals surface area (Å²) in [5, 5.41) is 0. The van der Waals surface area contributed by atoms with Crippen LogP contribution in [0.2, 0.25) is 0 Å². The van der Waals surface area contributed by atoms with Gasteiger partial charge in [-0.3, -0.25) is 0 Å². The predicted octanol–water partition coefficient (Wildman–Crippen LogP) is 1.57. The average Bonchev–Trinajstić information content (AvgIpc) is 2.23. The molecule has 0 amide bonds. The van der Waals surface area contributed by atoms with Crippen LogP contribution in [0.5, 0.6) is 0 Å². The van der Waals surface area contributed by atoms with Gasteiger partial charge >= 0.3 is 0 Å². The van der Waals surface area contributed by atoms with E-state index >= 15 is 0 Å². The Bertz CT molecular complexity index is 199. The number of nitrogens with two attached hydrogens (primary N) is 1. The SMILES string of the molecule is CCOC(CN)CCN1CCSC(C)(C)C1. The molecule has 0 aliphatic carbocycles. The van der Waals surface area contributed by atoms with Crippen molar-refractivity contribution in [2.45, 2.75) is 38.0 Å². The first-order valence-electron chi connectivity index (χ1n) is 6.25. The van der Waals surface area contributed by atoms with Crippen molar-refractivity contribution < 1.29 is 4.74 Å². The van der Waals surface area contributed by atoms with Gasteiger partial charge in [0.05, 0.1) is 6.10 Å². The second-order valence-corrected chi connectivity index (χ2v) is 6.79. The fourth-order valence-corrected chi connectivity index (χ4v) is 3.31. The molecule has 16 heavy (non-hydrogen) atoms. The number of hydrogen-bond donors (Lipinski definition) is 1. The molecular formula is C12H26N2OS. The third kappa shape index (κ3) is 5.04. The summed E-state index contributed by atoms with van der Waals surface area (Å²) in [5.74, 6) is 1.24. The standard InChI is InChI=1S/C12H26N2OS/c1-4-15-11(9-13)5-6-14-7-8-16-12(2,3)10-14/h11H,4-10,13H2,1-3H3. The maximum atomic E-state index is 5.68. The predicted molar refractivity (Wildman–Crippen MR) is 72.1 cm³/mol. The van der Waals surface area contributed by atoms with Crippen LogP contribution in [0, 0.1) is 0 Å². The minimum Gasteiger partial charge on any atom is -0.377 e. The van der Waals surface area contributed by atoms with Gasteiger partial charge in [0.1, 0.15) is 0 Å². The van der Waals surface area contributed by atoms with Crippen LogP contribution in [0.1, 0.15) is 27.2 Å². The van der Waals surface area contributed by atoms with E-state index in [0.717, 1.165) is 19.6 Å². The van der Waals surface area contributed by atoms with E-state index in [1.54, 1.807) is 0 Å². The molecule has 2 N–H and O–H groups in total. The molecule has 1 saturated heterocycles. The number of nitrogens with zero attached hydrogens (tertiary/aromatic N) is 1. The molecule has 1 rings (SSSR count). The van der Waals surface area contributed by atoms with Crippen molar-refractivity contribution in [2.24, 2.45) is 5.73 Å². The molecular weight excluding hydrogens is 220 g/mol. The van der Waals surface area contributed by atoms with Crippen LogP contribution in [-0.4, -0.2) is 54.3 Å². The first-order valence-corrected chi connectivity index (χ1v) is 7.24. The molecule has 1 heterocycles. The van der Waals surface area contributed by atoms with Gasteiger partial charge in [0.15, 0.2) is 0 Å². The van der Waals surface area contributed by atoms with E-state index in [2.05, 4.69) is 30.5 Å². The summed E-state index contributed by atoms with van der Waals surface area (Å²) in [6.45, 7) is 11.6. The zero-order valence-corrected chi connectivity index (χ0v) is 11.7. The Morgan fingerprint density at radius 1 is 1.50 bits per heavy atom. The Kier molecular flexibility index (Phi) is 6.11. The van der Waals surface area contributed by atoms with Gasteiger partial charge in [-0.05, 0) is 27.2 Å². The van der Waals surface area contributed by atoms with Crippen LogP contribution >= 0.6 is 11.8 Å². The van der Waals surface area contributed by atoms with Gasteiger partial charge in [-0.25, -0.2) is 0 Å². The summed E-state index contributed by atoms with van der Waals surface area (Å²) in [4.78, 5) is 2.54. The fourth-order valence-electron chi connectivity index (χ4n) is 2.14. The average molecular weight is 246 g/mol. The third-order valence-corrected chi connectivity index (χ3v) is 4.23. The van der Waals surface area contributed by atoms with Gasteiger partial charge in [-0.2, -0.15) is 11.8 Å². The minimum atomic E-state index is 0.239. The molecule has 1 aliphatic heterocycles. The molecule has 0 aromatic heterocycles. The number of hydrogen-bond acceptors (Lipinski definition) is 4. The van der Waals surface area contributed by atoms with Crippen LogP contribution in [0.4, 0.5) is 0 Å². The summed E-state index contributed by atoms with van der Waals surface area (Å²) in [7, 11) is 0. The second kappa shape index (κ2) is 6.84. The molecule has 96 valence electrons. The molecule has 1 aliphatic rings. The lowest BCUT2D eigenvalue weighted by molar-refractivity contribution is 0.0539. The zero-order chi connectivity index (χ0) is 12.0. The van der Waals surface area contributed by atoms with Crippen LogP contribution in [0.3, 0.4) is 0 Å². The highest BCUT2D eigenvalue weighted by atomic mass is 32.2. The highest BCUT2D eigenvalue weighted by molar-refractivity contribution is 8.00. The topological polar surface area (TPSA) is 38.5 Å². The summed E-state index contributed by atoms with van der Waals surface area (Å²) >= 11 is 2.08. The summed E-state index contributed by atoms with van der Waals surface area (Å²) in [5.41, 5.74) is 5.68. The van der Waals surface area contributed by atoms with Crippen molar-refractivity contribution in [1.82, 2.24) is 4.90 Å². The molecule has 3 nitrogen and oxygen atoms in total. The molecule has 1 atom stereocenters. The third-order valence-electron chi connectivity index (χ3n) is 2.94. The minimum absolute atomic E-state index is 0.239. The second-order valence-electron chi connectivity index (χ2n) is 4.99. The largest absolute Gasteiger partial charge is 0.377 e. The van der Waals surface area contributed by atoms with Crippen molar-refractivity contribution in [1.29, 1.82) is 0 Å². The quantitative estimate of drug-likeness (QED) is 0.772. The van der Waals surface area contributed by atoms with Crippen molar-refractivity contribution in [3.05, 3.63) is 0 Å². The normalized spacial score (nSPS) is 23.2. The number of rotatable bonds is 6. The highest BCUT2D eigenvalue weighted by Crippen LogP contribution is 2.29. The Morgan fingerprint density at radius 2 is 2.25 bits per heavy atom. The van der Waals surface area contributed by atoms with Gasteiger partial charge in [-0.15, -0.1) is 0 Å². The number of ether oxygens (including phenoxy) is 1. The lowest BCUT2D eigenvalue weighted by Gasteiger charge is -2.38. The van der Waals surface area contributed by atoms with Crippen LogP contribution in [0.25, 0.3) is 0 Å². The molecule has 0 aromatic rings. The van der Waals surface area contributed by atoms with E-state index in [-0.39, 0.29) is 6.10 Å². The van der Waals surface area contributed by atoms with E-state index in [9.17, 15) is 0 Å². The zero-order valence-electron chi connectivity index (χ0n) is 10.9. The molecule has 4 heteroatoms. The van der Waals surface area contributed by atoms with E-state index < -0.39 is 0 Å². The highest BCUT2D eigenvalue weighted by Gasteiger charge is 2.26. The van der Waals surface area contributed by atoms with Gasteiger partial charge < -0.3 is 15.4 Å². The summed E-state index contributed by atoms with van der Waals surface area (Å²) in [6, 6.07) is 0. The van der Waals surface area contributed by atoms with Crippen LogP contribution < -0.4 is 5.73 Å². The lowest BCUT2D eigenvalue weighted by Crippen LogP contribution is -2.44. The first-order chi connectivity index (χ1) is 7.57. The maximum Gasteiger partial charge on any atom is 0.0709 e. The summed E-state index contributed by atoms with van der Waals surface area (Å²) in [6.07, 6.45) is 1.30. The summed E-state index contributed by atoms with van der Waals surface area (Å²) < 4.78 is 5.98. The Balaban J connectivity index is 2.26. The molecule has 0 aromatic carbocycles. The molecule has 0 saturated carbocycles. The monoisotopic (exact) mass is 246 g/mol. The van der Waals surface area contributed by atoms with Crippen molar-refractivity contribution in [3.63, 3.8) is 0 Å². The van der Waals surface area contributed by atoms with E-state index in [1.807, 2.05) is 6.92 Å². The molecule has 0 bridgehead atoms. The first kappa shape index (κ1) is 14.3. The molecule has 1 fully saturated rings. The Hall–Kier alpha value is 0.230.